The number of benzene rings is 1. The Bertz CT molecular complexity index is 191. The molecule has 0 atom stereocenters. The van der Waals surface area contributed by atoms with E-state index in [0.717, 1.165) is 11.1 Å². The van der Waals surface area contributed by atoms with Crippen LogP contribution in [0.3, 0.4) is 0 Å². The van der Waals surface area contributed by atoms with E-state index in [4.69, 9.17) is 23.7 Å². The molecule has 0 aromatic heterocycles. The maximum atomic E-state index is 8.99. The molecule has 0 radical (unpaired) electrons. The Morgan fingerprint density at radius 1 is 1.08 bits per heavy atom. The second kappa shape index (κ2) is 8.89. The summed E-state index contributed by atoms with van der Waals surface area (Å²) in [7, 11) is 9.78. The fraction of sp³-hybridized carbons (Fsp3) is 0.222. The van der Waals surface area contributed by atoms with Gasteiger partial charge in [-0.3, -0.25) is 0 Å². The van der Waals surface area contributed by atoms with Crippen molar-refractivity contribution < 1.29 is 22.1 Å². The van der Waals surface area contributed by atoms with E-state index in [1.165, 1.54) is 0 Å². The first-order chi connectivity index (χ1) is 5.60. The van der Waals surface area contributed by atoms with Crippen molar-refractivity contribution in [3.63, 3.8) is 0 Å². The van der Waals surface area contributed by atoms with Gasteiger partial charge in [0.05, 0.1) is 0 Å². The van der Waals surface area contributed by atoms with Crippen molar-refractivity contribution in [3.8, 4) is 5.75 Å². The Morgan fingerprint density at radius 3 is 1.62 bits per heavy atom. The second-order valence-corrected chi connectivity index (χ2v) is 5.00. The van der Waals surface area contributed by atoms with E-state index in [-0.39, 0.29) is 7.43 Å². The predicted molar refractivity (Wildman–Crippen MR) is 55.7 cm³/mol. The summed E-state index contributed by atoms with van der Waals surface area (Å²) in [5, 5.41) is 8.99. The van der Waals surface area contributed by atoms with E-state index >= 15 is 0 Å². The Kier molecular flexibility index (Phi) is 10.8. The van der Waals surface area contributed by atoms with Crippen LogP contribution >= 0.6 is 18.6 Å². The van der Waals surface area contributed by atoms with Crippen molar-refractivity contribution in [2.24, 2.45) is 0 Å². The SMILES string of the molecule is Cc1cc(C)cc(O)c1.[CH3-].[Cl][Ti][Cl]. The second-order valence-electron chi connectivity index (χ2n) is 2.42. The molecule has 0 bridgehead atoms. The number of hydrogen-bond donors (Lipinski definition) is 1. The van der Waals surface area contributed by atoms with E-state index in [2.05, 4.69) is 0 Å². The number of aryl methyl sites for hydroxylation is 2. The maximum absolute atomic E-state index is 8.99. The molecule has 0 heterocycles. The third-order valence-electron chi connectivity index (χ3n) is 1.21. The van der Waals surface area contributed by atoms with E-state index in [1.54, 1.807) is 12.1 Å². The average molecular weight is 256 g/mol. The van der Waals surface area contributed by atoms with E-state index in [1.807, 2.05) is 19.9 Å². The normalized spacial score (nSPS) is 7.69. The molecule has 0 amide bonds. The van der Waals surface area contributed by atoms with Crippen molar-refractivity contribution in [1.29, 1.82) is 0 Å². The summed E-state index contributed by atoms with van der Waals surface area (Å²) in [5.41, 5.74) is 2.21. The molecule has 0 fully saturated rings. The van der Waals surface area contributed by atoms with Crippen molar-refractivity contribution in [2.75, 3.05) is 0 Å². The molecule has 1 nitrogen and oxygen atoms in total. The third kappa shape index (κ3) is 8.64. The van der Waals surface area contributed by atoms with Gasteiger partial charge in [-0.1, -0.05) is 6.07 Å². The Balaban J connectivity index is 0. The number of rotatable bonds is 0. The van der Waals surface area contributed by atoms with Crippen LogP contribution in [0.1, 0.15) is 11.1 Å². The van der Waals surface area contributed by atoms with Gasteiger partial charge in [-0.2, -0.15) is 0 Å². The summed E-state index contributed by atoms with van der Waals surface area (Å²) in [4.78, 5) is 0. The summed E-state index contributed by atoms with van der Waals surface area (Å²) in [6.45, 7) is 3.93. The van der Waals surface area contributed by atoms with Gasteiger partial charge in [0.2, 0.25) is 0 Å². The molecule has 1 aromatic carbocycles. The minimum atomic E-state index is -0.556. The van der Waals surface area contributed by atoms with E-state index < -0.39 is 17.0 Å². The van der Waals surface area contributed by atoms with Crippen molar-refractivity contribution >= 4 is 18.6 Å². The van der Waals surface area contributed by atoms with Crippen LogP contribution in [0.15, 0.2) is 18.2 Å². The molecule has 1 aromatic rings. The van der Waals surface area contributed by atoms with Gasteiger partial charge in [0.15, 0.2) is 0 Å². The van der Waals surface area contributed by atoms with Crippen LogP contribution < -0.4 is 0 Å². The standard InChI is InChI=1S/C8H10O.CH3.2ClH.Ti/c1-6-3-7(2)5-8(9)4-6;;;;/h3-5,9H,1-2H3;1H3;2*1H;/q;-1;;;+2/p-2. The topological polar surface area (TPSA) is 20.2 Å². The number of halogens is 2. The molecule has 0 aliphatic heterocycles. The molecule has 74 valence electrons. The monoisotopic (exact) mass is 255 g/mol. The van der Waals surface area contributed by atoms with Gasteiger partial charge in [-0.05, 0) is 37.1 Å². The summed E-state index contributed by atoms with van der Waals surface area (Å²) < 4.78 is 0. The number of hydrogen-bond acceptors (Lipinski definition) is 1. The molecule has 1 N–H and O–H groups in total. The van der Waals surface area contributed by atoms with Crippen LogP contribution in [0.5, 0.6) is 5.75 Å². The van der Waals surface area contributed by atoms with Crippen LogP contribution in [-0.4, -0.2) is 5.11 Å². The quantitative estimate of drug-likeness (QED) is 0.552. The molecule has 0 spiro atoms. The van der Waals surface area contributed by atoms with Crippen LogP contribution in [0.2, 0.25) is 0 Å². The fourth-order valence-electron chi connectivity index (χ4n) is 0.951. The molecule has 1 rings (SSSR count). The van der Waals surface area contributed by atoms with Crippen LogP contribution in [0.25, 0.3) is 0 Å². The predicted octanol–water partition coefficient (Wildman–Crippen LogP) is 3.84. The van der Waals surface area contributed by atoms with Crippen LogP contribution in [-0.2, 0) is 17.0 Å². The van der Waals surface area contributed by atoms with E-state index in [9.17, 15) is 0 Å². The van der Waals surface area contributed by atoms with Crippen molar-refractivity contribution in [1.82, 2.24) is 0 Å². The average Bonchev–Trinajstić information content (AvgIpc) is 1.84. The molecular weight excluding hydrogens is 243 g/mol. The Morgan fingerprint density at radius 2 is 1.38 bits per heavy atom. The van der Waals surface area contributed by atoms with Crippen LogP contribution in [0, 0.1) is 21.3 Å². The molecule has 0 saturated carbocycles. The third-order valence-corrected chi connectivity index (χ3v) is 1.21. The van der Waals surface area contributed by atoms with Gasteiger partial charge >= 0.3 is 35.6 Å². The molecule has 0 aliphatic carbocycles. The fourth-order valence-corrected chi connectivity index (χ4v) is 0.951. The molecule has 0 saturated heterocycles. The summed E-state index contributed by atoms with van der Waals surface area (Å²) in [5.74, 6) is 0.354. The molecular formula is C9H13Cl2OTi-. The number of phenols is 1. The number of aromatic hydroxyl groups is 1. The van der Waals surface area contributed by atoms with Crippen molar-refractivity contribution in [2.45, 2.75) is 13.8 Å². The number of phenolic OH excluding ortho intramolecular Hbond substituents is 1. The molecule has 0 aliphatic rings. The summed E-state index contributed by atoms with van der Waals surface area (Å²) in [6, 6.07) is 5.51. The van der Waals surface area contributed by atoms with Gasteiger partial charge in [0.1, 0.15) is 5.75 Å². The van der Waals surface area contributed by atoms with Gasteiger partial charge < -0.3 is 12.5 Å². The molecule has 0 unspecified atom stereocenters. The first-order valence-electron chi connectivity index (χ1n) is 3.33. The molecule has 4 heteroatoms. The van der Waals surface area contributed by atoms with Gasteiger partial charge in [0, 0.05) is 0 Å². The summed E-state index contributed by atoms with van der Waals surface area (Å²) >= 11 is -0.556. The van der Waals surface area contributed by atoms with Gasteiger partial charge in [-0.15, -0.1) is 0 Å². The Hall–Kier alpha value is 0.314. The van der Waals surface area contributed by atoms with Gasteiger partial charge in [-0.25, -0.2) is 0 Å². The Labute approximate surface area is 96.7 Å². The first kappa shape index (κ1) is 15.8. The van der Waals surface area contributed by atoms with Crippen LogP contribution in [0.4, 0.5) is 0 Å². The van der Waals surface area contributed by atoms with Crippen molar-refractivity contribution in [3.05, 3.63) is 36.8 Å². The molecule has 13 heavy (non-hydrogen) atoms. The first-order valence-corrected chi connectivity index (χ1v) is 7.63. The minimum absolute atomic E-state index is 0. The zero-order valence-corrected chi connectivity index (χ0v) is 11.0. The summed E-state index contributed by atoms with van der Waals surface area (Å²) in [6.07, 6.45) is 0. The zero-order chi connectivity index (χ0) is 9.56. The zero-order valence-electron chi connectivity index (χ0n) is 7.94. The van der Waals surface area contributed by atoms with E-state index in [0.29, 0.717) is 5.75 Å². The van der Waals surface area contributed by atoms with Gasteiger partial charge in [0.25, 0.3) is 0 Å².